The minimum Gasteiger partial charge on any atom is -0.507 e. The van der Waals surface area contributed by atoms with Crippen molar-refractivity contribution in [3.63, 3.8) is 0 Å². The Hall–Kier alpha value is -2.87. The second-order valence-corrected chi connectivity index (χ2v) is 6.31. The Kier molecular flexibility index (Phi) is 4.37. The molecule has 0 fully saturated rings. The van der Waals surface area contributed by atoms with Crippen LogP contribution in [0.15, 0.2) is 42.5 Å². The Morgan fingerprint density at radius 1 is 1.17 bits per heavy atom. The van der Waals surface area contributed by atoms with Crippen LogP contribution in [0.5, 0.6) is 11.5 Å². The molecule has 0 atom stereocenters. The quantitative estimate of drug-likeness (QED) is 0.326. The minimum absolute atomic E-state index is 0.104. The zero-order valence-corrected chi connectivity index (χ0v) is 12.9. The highest BCUT2D eigenvalue weighted by atomic mass is 32.2. The molecule has 4 N–H and O–H groups in total. The van der Waals surface area contributed by atoms with Crippen molar-refractivity contribution in [2.75, 3.05) is 6.26 Å². The molecule has 0 aromatic heterocycles. The van der Waals surface area contributed by atoms with Gasteiger partial charge in [0.15, 0.2) is 5.75 Å². The predicted molar refractivity (Wildman–Crippen MR) is 84.5 cm³/mol. The van der Waals surface area contributed by atoms with Gasteiger partial charge in [0, 0.05) is 5.56 Å². The maximum atomic E-state index is 12.6. The highest BCUT2D eigenvalue weighted by Gasteiger charge is 2.25. The third kappa shape index (κ3) is 3.67. The number of hydrogen-bond acceptors (Lipinski definition) is 6. The molecule has 8 heteroatoms. The first-order chi connectivity index (χ1) is 10.7. The molecule has 0 amide bonds. The van der Waals surface area contributed by atoms with Crippen LogP contribution in [-0.4, -0.2) is 31.4 Å². The molecule has 0 aliphatic heterocycles. The van der Waals surface area contributed by atoms with E-state index in [0.717, 1.165) is 12.3 Å². The van der Waals surface area contributed by atoms with E-state index in [0.29, 0.717) is 0 Å². The number of nitrogens with two attached hydrogens (primary N) is 1. The van der Waals surface area contributed by atoms with E-state index >= 15 is 0 Å². The first-order valence-corrected chi connectivity index (χ1v) is 8.22. The number of phenols is 1. The van der Waals surface area contributed by atoms with Crippen molar-refractivity contribution in [1.29, 1.82) is 5.41 Å². The molecule has 0 aliphatic carbocycles. The number of benzene rings is 2. The zero-order valence-electron chi connectivity index (χ0n) is 12.1. The summed E-state index contributed by atoms with van der Waals surface area (Å²) in [5.41, 5.74) is 5.16. The van der Waals surface area contributed by atoms with Crippen LogP contribution in [0.3, 0.4) is 0 Å². The van der Waals surface area contributed by atoms with Crippen LogP contribution >= 0.6 is 0 Å². The molecule has 120 valence electrons. The average Bonchev–Trinajstić information content (AvgIpc) is 2.46. The highest BCUT2D eigenvalue weighted by Crippen LogP contribution is 2.34. The van der Waals surface area contributed by atoms with Gasteiger partial charge in [-0.2, -0.15) is 8.42 Å². The van der Waals surface area contributed by atoms with Crippen molar-refractivity contribution in [3.8, 4) is 11.5 Å². The van der Waals surface area contributed by atoms with Crippen molar-refractivity contribution >= 4 is 21.7 Å². The molecule has 7 nitrogen and oxygen atoms in total. The van der Waals surface area contributed by atoms with Crippen molar-refractivity contribution in [2.24, 2.45) is 5.73 Å². The summed E-state index contributed by atoms with van der Waals surface area (Å²) in [5, 5.41) is 17.5. The van der Waals surface area contributed by atoms with E-state index in [1.807, 2.05) is 0 Å². The first-order valence-electron chi connectivity index (χ1n) is 6.40. The van der Waals surface area contributed by atoms with Crippen molar-refractivity contribution in [2.45, 2.75) is 0 Å². The van der Waals surface area contributed by atoms with E-state index in [1.165, 1.54) is 18.2 Å². The van der Waals surface area contributed by atoms with Crippen LogP contribution in [0.4, 0.5) is 0 Å². The monoisotopic (exact) mass is 334 g/mol. The summed E-state index contributed by atoms with van der Waals surface area (Å²) < 4.78 is 27.8. The number of carbonyl (C=O) groups is 1. The molecule has 0 unspecified atom stereocenters. The Labute approximate surface area is 133 Å². The van der Waals surface area contributed by atoms with Gasteiger partial charge in [-0.1, -0.05) is 30.3 Å². The second kappa shape index (κ2) is 6.09. The third-order valence-electron chi connectivity index (χ3n) is 2.92. The number of amidine groups is 1. The van der Waals surface area contributed by atoms with Crippen molar-refractivity contribution in [3.05, 3.63) is 59.2 Å². The lowest BCUT2D eigenvalue weighted by molar-refractivity contribution is 0.103. The summed E-state index contributed by atoms with van der Waals surface area (Å²) in [5.74, 6) is -2.08. The molecule has 0 spiro atoms. The first kappa shape index (κ1) is 16.5. The molecule has 0 bridgehead atoms. The summed E-state index contributed by atoms with van der Waals surface area (Å²) in [4.78, 5) is 12.6. The molecule has 23 heavy (non-hydrogen) atoms. The van der Waals surface area contributed by atoms with Gasteiger partial charge in [0.2, 0.25) is 5.78 Å². The summed E-state index contributed by atoms with van der Waals surface area (Å²) in [7, 11) is -4.00. The molecular formula is C15H14N2O5S. The SMILES string of the molecule is CS(=O)(=O)Oc1c(C(=N)N)ccc(O)c1C(=O)c1ccccc1. The maximum absolute atomic E-state index is 12.6. The second-order valence-electron chi connectivity index (χ2n) is 4.73. The number of nitrogens with one attached hydrogen (secondary N) is 1. The van der Waals surface area contributed by atoms with Gasteiger partial charge in [0.25, 0.3) is 0 Å². The molecule has 2 aromatic rings. The fourth-order valence-corrected chi connectivity index (χ4v) is 2.45. The zero-order chi connectivity index (χ0) is 17.2. The molecular weight excluding hydrogens is 320 g/mol. The lowest BCUT2D eigenvalue weighted by Crippen LogP contribution is -2.18. The van der Waals surface area contributed by atoms with Crippen molar-refractivity contribution in [1.82, 2.24) is 0 Å². The number of carbonyl (C=O) groups excluding carboxylic acids is 1. The van der Waals surface area contributed by atoms with Gasteiger partial charge in [0.1, 0.15) is 17.1 Å². The lowest BCUT2D eigenvalue weighted by atomic mass is 9.98. The van der Waals surface area contributed by atoms with Crippen LogP contribution in [0.2, 0.25) is 0 Å². The number of ketones is 1. The number of phenolic OH excluding ortho intramolecular Hbond substituents is 1. The van der Waals surface area contributed by atoms with Gasteiger partial charge in [-0.05, 0) is 12.1 Å². The van der Waals surface area contributed by atoms with Crippen molar-refractivity contribution < 1.29 is 22.5 Å². The molecule has 2 aromatic carbocycles. The fourth-order valence-electron chi connectivity index (χ4n) is 1.98. The van der Waals surface area contributed by atoms with Gasteiger partial charge in [-0.25, -0.2) is 0 Å². The predicted octanol–water partition coefficient (Wildman–Crippen LogP) is 1.25. The summed E-state index contributed by atoms with van der Waals surface area (Å²) in [6.45, 7) is 0. The van der Waals surface area contributed by atoms with Crippen LogP contribution < -0.4 is 9.92 Å². The number of nitrogen functional groups attached to an aromatic ring is 1. The van der Waals surface area contributed by atoms with Gasteiger partial charge < -0.3 is 15.0 Å². The summed E-state index contributed by atoms with van der Waals surface area (Å²) >= 11 is 0. The number of aromatic hydroxyl groups is 1. The Balaban J connectivity index is 2.73. The number of rotatable bonds is 5. The Morgan fingerprint density at radius 3 is 2.30 bits per heavy atom. The smallest absolute Gasteiger partial charge is 0.306 e. The highest BCUT2D eigenvalue weighted by molar-refractivity contribution is 7.86. The van der Waals surface area contributed by atoms with Gasteiger partial charge in [-0.15, -0.1) is 0 Å². The van der Waals surface area contributed by atoms with E-state index in [2.05, 4.69) is 0 Å². The third-order valence-corrected chi connectivity index (χ3v) is 3.39. The molecule has 0 heterocycles. The van der Waals surface area contributed by atoms with Crippen LogP contribution in [0.25, 0.3) is 0 Å². The topological polar surface area (TPSA) is 131 Å². The standard InChI is InChI=1S/C15H14N2O5S/c1-23(20,21)22-14-10(15(16)17)7-8-11(18)12(14)13(19)9-5-3-2-4-6-9/h2-8,18H,1H3,(H3,16,17). The van der Waals surface area contributed by atoms with Gasteiger partial charge in [-0.3, -0.25) is 10.2 Å². The van der Waals surface area contributed by atoms with E-state index < -0.39 is 33.2 Å². The molecule has 0 radical (unpaired) electrons. The average molecular weight is 334 g/mol. The molecule has 0 saturated heterocycles. The fraction of sp³-hybridized carbons (Fsp3) is 0.0667. The minimum atomic E-state index is -4.00. The van der Waals surface area contributed by atoms with E-state index in [-0.39, 0.29) is 16.7 Å². The maximum Gasteiger partial charge on any atom is 0.306 e. The van der Waals surface area contributed by atoms with E-state index in [1.54, 1.807) is 18.2 Å². The summed E-state index contributed by atoms with van der Waals surface area (Å²) in [6, 6.07) is 10.3. The lowest BCUT2D eigenvalue weighted by Gasteiger charge is -2.14. The largest absolute Gasteiger partial charge is 0.507 e. The number of hydrogen-bond donors (Lipinski definition) is 3. The van der Waals surface area contributed by atoms with Crippen LogP contribution in [0.1, 0.15) is 21.5 Å². The van der Waals surface area contributed by atoms with Crippen LogP contribution in [-0.2, 0) is 10.1 Å². The summed E-state index contributed by atoms with van der Waals surface area (Å²) in [6.07, 6.45) is 0.789. The van der Waals surface area contributed by atoms with Gasteiger partial charge >= 0.3 is 10.1 Å². The molecule has 0 aliphatic rings. The molecule has 2 rings (SSSR count). The van der Waals surface area contributed by atoms with E-state index in [9.17, 15) is 18.3 Å². The Morgan fingerprint density at radius 2 is 1.78 bits per heavy atom. The van der Waals surface area contributed by atoms with Crippen LogP contribution in [0, 0.1) is 5.41 Å². The van der Waals surface area contributed by atoms with Gasteiger partial charge in [0.05, 0.1) is 11.8 Å². The normalized spacial score (nSPS) is 11.0. The van der Waals surface area contributed by atoms with E-state index in [4.69, 9.17) is 15.3 Å². The Bertz CT molecular complexity index is 876. The molecule has 0 saturated carbocycles.